The molecule has 0 unspecified atom stereocenters. The number of phenols is 1. The summed E-state index contributed by atoms with van der Waals surface area (Å²) >= 11 is 5.65. The Morgan fingerprint density at radius 3 is 2.45 bits per heavy atom. The summed E-state index contributed by atoms with van der Waals surface area (Å²) < 4.78 is 40.5. The lowest BCUT2D eigenvalue weighted by Crippen LogP contribution is -2.49. The highest BCUT2D eigenvalue weighted by Crippen LogP contribution is 2.47. The summed E-state index contributed by atoms with van der Waals surface area (Å²) in [6, 6.07) is -0.407. The number of benzene rings is 1. The maximum Gasteiger partial charge on any atom is 0.408 e. The molecule has 1 aliphatic heterocycles. The summed E-state index contributed by atoms with van der Waals surface area (Å²) in [5.41, 5.74) is -1.62. The van der Waals surface area contributed by atoms with E-state index in [-0.39, 0.29) is 18.1 Å². The minimum absolute atomic E-state index is 0.0489. The third kappa shape index (κ3) is 3.26. The van der Waals surface area contributed by atoms with Crippen molar-refractivity contribution in [3.63, 3.8) is 0 Å². The zero-order chi connectivity index (χ0) is 16.5. The van der Waals surface area contributed by atoms with Crippen LogP contribution in [0, 0.1) is 10.1 Å². The van der Waals surface area contributed by atoms with Crippen LogP contribution < -0.4 is 5.32 Å². The van der Waals surface area contributed by atoms with E-state index in [1.807, 2.05) is 0 Å². The molecule has 22 heavy (non-hydrogen) atoms. The number of nitro benzene ring substituents is 1. The molecule has 0 aromatic heterocycles. The van der Waals surface area contributed by atoms with E-state index >= 15 is 0 Å². The fraction of sp³-hybridized carbons (Fsp3) is 0.500. The molecule has 122 valence electrons. The van der Waals surface area contributed by atoms with Crippen LogP contribution in [0.5, 0.6) is 5.75 Å². The number of halogens is 4. The molecule has 0 saturated carbocycles. The van der Waals surface area contributed by atoms with E-state index in [0.29, 0.717) is 13.1 Å². The van der Waals surface area contributed by atoms with Gasteiger partial charge < -0.3 is 10.4 Å². The third-order valence-corrected chi connectivity index (χ3v) is 3.75. The van der Waals surface area contributed by atoms with Crippen LogP contribution >= 0.6 is 11.6 Å². The van der Waals surface area contributed by atoms with Gasteiger partial charge in [-0.05, 0) is 6.07 Å². The minimum atomic E-state index is -4.79. The van der Waals surface area contributed by atoms with Crippen molar-refractivity contribution >= 4 is 17.3 Å². The Bertz CT molecular complexity index is 577. The van der Waals surface area contributed by atoms with Crippen molar-refractivity contribution < 1.29 is 23.2 Å². The van der Waals surface area contributed by atoms with Crippen molar-refractivity contribution in [3.05, 3.63) is 32.8 Å². The van der Waals surface area contributed by atoms with Crippen LogP contribution in [0.4, 0.5) is 18.9 Å². The lowest BCUT2D eigenvalue weighted by atomic mass is 10.0. The van der Waals surface area contributed by atoms with Gasteiger partial charge in [0, 0.05) is 32.2 Å². The Hall–Kier alpha value is -1.58. The Morgan fingerprint density at radius 2 is 1.95 bits per heavy atom. The van der Waals surface area contributed by atoms with E-state index in [1.54, 1.807) is 0 Å². The summed E-state index contributed by atoms with van der Waals surface area (Å²) in [5, 5.41) is 23.5. The molecule has 1 aromatic carbocycles. The number of rotatable bonds is 3. The van der Waals surface area contributed by atoms with Gasteiger partial charge >= 0.3 is 6.18 Å². The van der Waals surface area contributed by atoms with Gasteiger partial charge in [0.25, 0.3) is 5.69 Å². The molecular weight excluding hydrogens is 327 g/mol. The number of aromatic hydroxyl groups is 1. The van der Waals surface area contributed by atoms with Crippen LogP contribution in [0.3, 0.4) is 0 Å². The first kappa shape index (κ1) is 16.8. The van der Waals surface area contributed by atoms with Crippen LogP contribution in [0.15, 0.2) is 12.1 Å². The Balaban J connectivity index is 2.61. The van der Waals surface area contributed by atoms with Crippen molar-refractivity contribution in [2.24, 2.45) is 0 Å². The van der Waals surface area contributed by atoms with Gasteiger partial charge in [-0.15, -0.1) is 0 Å². The molecule has 10 heteroatoms. The van der Waals surface area contributed by atoms with E-state index in [4.69, 9.17) is 11.6 Å². The lowest BCUT2D eigenvalue weighted by Gasteiger charge is -2.36. The summed E-state index contributed by atoms with van der Waals surface area (Å²) in [6.07, 6.45) is -4.79. The van der Waals surface area contributed by atoms with Crippen LogP contribution in [0.1, 0.15) is 11.6 Å². The van der Waals surface area contributed by atoms with Crippen LogP contribution in [0.25, 0.3) is 0 Å². The standard InChI is InChI=1S/C12H13ClF3N3O3/c13-7-1-2-8(19(21)22)9(10(7)20)11(12(14,15)16)18-5-3-17-4-6-18/h1-2,11,17,20H,3-6H2/t11-/m0/s1. The Kier molecular flexibility index (Phi) is 4.78. The summed E-state index contributed by atoms with van der Waals surface area (Å²) in [6.45, 7) is 0.740. The second-order valence-corrected chi connectivity index (χ2v) is 5.22. The van der Waals surface area contributed by atoms with Gasteiger partial charge in [0.15, 0.2) is 0 Å². The highest BCUT2D eigenvalue weighted by atomic mass is 35.5. The normalized spacial score (nSPS) is 18.2. The molecule has 1 aromatic rings. The average molecular weight is 340 g/mol. The van der Waals surface area contributed by atoms with Gasteiger partial charge in [0.2, 0.25) is 0 Å². The first-order chi connectivity index (χ1) is 10.2. The summed E-state index contributed by atoms with van der Waals surface area (Å²) in [5.74, 6) is -0.906. The maximum atomic E-state index is 13.5. The molecule has 0 amide bonds. The number of nitro groups is 1. The zero-order valence-electron chi connectivity index (χ0n) is 11.2. The molecule has 2 rings (SSSR count). The molecule has 0 bridgehead atoms. The molecule has 0 aliphatic carbocycles. The van der Waals surface area contributed by atoms with Gasteiger partial charge in [-0.25, -0.2) is 0 Å². The number of piperazine rings is 1. The monoisotopic (exact) mass is 339 g/mol. The highest BCUT2D eigenvalue weighted by molar-refractivity contribution is 6.32. The SMILES string of the molecule is O=[N+]([O-])c1ccc(Cl)c(O)c1[C@H](N1CCNCC1)C(F)(F)F. The second kappa shape index (κ2) is 6.27. The van der Waals surface area contributed by atoms with Crippen molar-refractivity contribution in [1.82, 2.24) is 10.2 Å². The van der Waals surface area contributed by atoms with Gasteiger partial charge in [-0.2, -0.15) is 13.2 Å². The van der Waals surface area contributed by atoms with Gasteiger partial charge in [-0.1, -0.05) is 11.6 Å². The third-order valence-electron chi connectivity index (χ3n) is 3.44. The lowest BCUT2D eigenvalue weighted by molar-refractivity contribution is -0.386. The molecule has 6 nitrogen and oxygen atoms in total. The van der Waals surface area contributed by atoms with Crippen molar-refractivity contribution in [2.75, 3.05) is 26.2 Å². The van der Waals surface area contributed by atoms with Crippen molar-refractivity contribution in [1.29, 1.82) is 0 Å². The molecule has 1 aliphatic rings. The zero-order valence-corrected chi connectivity index (χ0v) is 12.0. The first-order valence-corrected chi connectivity index (χ1v) is 6.78. The van der Waals surface area contributed by atoms with E-state index in [2.05, 4.69) is 5.32 Å². The van der Waals surface area contributed by atoms with Crippen LogP contribution in [0.2, 0.25) is 5.02 Å². The highest BCUT2D eigenvalue weighted by Gasteiger charge is 2.49. The molecule has 1 atom stereocenters. The second-order valence-electron chi connectivity index (χ2n) is 4.82. The molecule has 0 spiro atoms. The van der Waals surface area contributed by atoms with Gasteiger partial charge in [0.1, 0.15) is 11.8 Å². The molecule has 1 fully saturated rings. The molecule has 1 saturated heterocycles. The number of phenolic OH excluding ortho intramolecular Hbond substituents is 1. The molecule has 0 radical (unpaired) electrons. The van der Waals surface area contributed by atoms with Gasteiger partial charge in [-0.3, -0.25) is 15.0 Å². The van der Waals surface area contributed by atoms with Crippen molar-refractivity contribution in [2.45, 2.75) is 12.2 Å². The average Bonchev–Trinajstić information content (AvgIpc) is 2.43. The molecular formula is C12H13ClF3N3O3. The minimum Gasteiger partial charge on any atom is -0.506 e. The fourth-order valence-electron chi connectivity index (χ4n) is 2.49. The fourth-order valence-corrected chi connectivity index (χ4v) is 2.66. The number of nitrogens with zero attached hydrogens (tertiary/aromatic N) is 2. The number of hydrogen-bond acceptors (Lipinski definition) is 5. The predicted molar refractivity (Wildman–Crippen MR) is 73.0 cm³/mol. The van der Waals surface area contributed by atoms with Crippen molar-refractivity contribution in [3.8, 4) is 5.75 Å². The van der Waals surface area contributed by atoms with E-state index in [1.165, 1.54) is 0 Å². The first-order valence-electron chi connectivity index (χ1n) is 6.40. The van der Waals surface area contributed by atoms with Gasteiger partial charge in [0.05, 0.1) is 15.5 Å². The number of nitrogens with one attached hydrogen (secondary N) is 1. The van der Waals surface area contributed by atoms with Crippen LogP contribution in [-0.2, 0) is 0 Å². The quantitative estimate of drug-likeness (QED) is 0.653. The topological polar surface area (TPSA) is 78.6 Å². The summed E-state index contributed by atoms with van der Waals surface area (Å²) in [7, 11) is 0. The Labute approximate surface area is 128 Å². The largest absolute Gasteiger partial charge is 0.506 e. The summed E-state index contributed by atoms with van der Waals surface area (Å²) in [4.78, 5) is 11.2. The smallest absolute Gasteiger partial charge is 0.408 e. The predicted octanol–water partition coefficient (Wildman–Crippen LogP) is 2.46. The maximum absolute atomic E-state index is 13.5. The van der Waals surface area contributed by atoms with E-state index in [0.717, 1.165) is 17.0 Å². The number of alkyl halides is 3. The molecule has 2 N–H and O–H groups in total. The van der Waals surface area contributed by atoms with E-state index in [9.17, 15) is 28.4 Å². The van der Waals surface area contributed by atoms with Crippen LogP contribution in [-0.4, -0.2) is 47.3 Å². The molecule has 1 heterocycles. The Morgan fingerprint density at radius 1 is 1.36 bits per heavy atom. The number of hydrogen-bond donors (Lipinski definition) is 2. The van der Waals surface area contributed by atoms with E-state index < -0.39 is 34.1 Å².